The second kappa shape index (κ2) is 4.83. The zero-order valence-corrected chi connectivity index (χ0v) is 9.75. The van der Waals surface area contributed by atoms with E-state index < -0.39 is 0 Å². The number of nitrogens with two attached hydrogens (primary N) is 1. The van der Waals surface area contributed by atoms with Crippen molar-refractivity contribution in [3.63, 3.8) is 0 Å². The highest BCUT2D eigenvalue weighted by molar-refractivity contribution is 5.40. The largest absolute Gasteiger partial charge is 0.399 e. The van der Waals surface area contributed by atoms with Crippen LogP contribution in [0.2, 0.25) is 0 Å². The van der Waals surface area contributed by atoms with E-state index in [9.17, 15) is 4.39 Å². The van der Waals surface area contributed by atoms with Crippen LogP contribution in [-0.2, 0) is 6.54 Å². The molecular formula is C13H19FN2. The molecule has 0 aromatic heterocycles. The fourth-order valence-corrected chi connectivity index (χ4v) is 2.43. The summed E-state index contributed by atoms with van der Waals surface area (Å²) in [4.78, 5) is 2.25. The van der Waals surface area contributed by atoms with Gasteiger partial charge in [-0.2, -0.15) is 0 Å². The molecule has 3 heteroatoms. The Bertz CT molecular complexity index is 359. The summed E-state index contributed by atoms with van der Waals surface area (Å²) >= 11 is 0. The SMILES string of the molecule is CN(Cc1ccc(N)cc1F)C1CCCC1. The van der Waals surface area contributed by atoms with Crippen LogP contribution in [0.25, 0.3) is 0 Å². The van der Waals surface area contributed by atoms with E-state index in [-0.39, 0.29) is 5.82 Å². The third-order valence-corrected chi connectivity index (χ3v) is 3.44. The fourth-order valence-electron chi connectivity index (χ4n) is 2.43. The number of nitrogen functional groups attached to an aromatic ring is 1. The van der Waals surface area contributed by atoms with Gasteiger partial charge in [0.1, 0.15) is 5.82 Å². The number of rotatable bonds is 3. The van der Waals surface area contributed by atoms with Crippen LogP contribution in [-0.4, -0.2) is 18.0 Å². The maximum absolute atomic E-state index is 13.6. The minimum absolute atomic E-state index is 0.190. The lowest BCUT2D eigenvalue weighted by Crippen LogP contribution is -2.28. The van der Waals surface area contributed by atoms with E-state index in [0.29, 0.717) is 18.3 Å². The lowest BCUT2D eigenvalue weighted by atomic mass is 10.1. The summed E-state index contributed by atoms with van der Waals surface area (Å²) in [6.45, 7) is 0.677. The van der Waals surface area contributed by atoms with Crippen LogP contribution in [0.4, 0.5) is 10.1 Å². The summed E-state index contributed by atoms with van der Waals surface area (Å²) in [5.74, 6) is -0.190. The van der Waals surface area contributed by atoms with Gasteiger partial charge < -0.3 is 5.73 Å². The molecule has 88 valence electrons. The normalized spacial score (nSPS) is 17.2. The van der Waals surface area contributed by atoms with Gasteiger partial charge in [-0.05, 0) is 32.0 Å². The summed E-state index contributed by atoms with van der Waals surface area (Å²) in [6, 6.07) is 5.58. The molecule has 0 spiro atoms. The second-order valence-corrected chi connectivity index (χ2v) is 4.70. The molecule has 0 aliphatic heterocycles. The number of nitrogens with zero attached hydrogens (tertiary/aromatic N) is 1. The molecule has 1 aliphatic rings. The summed E-state index contributed by atoms with van der Waals surface area (Å²) in [5.41, 5.74) is 6.76. The molecule has 16 heavy (non-hydrogen) atoms. The van der Waals surface area contributed by atoms with Gasteiger partial charge in [0.15, 0.2) is 0 Å². The van der Waals surface area contributed by atoms with Gasteiger partial charge in [-0.3, -0.25) is 4.90 Å². The summed E-state index contributed by atoms with van der Waals surface area (Å²) in [6.07, 6.45) is 5.10. The molecule has 1 aliphatic carbocycles. The number of benzene rings is 1. The lowest BCUT2D eigenvalue weighted by Gasteiger charge is -2.24. The second-order valence-electron chi connectivity index (χ2n) is 4.70. The highest BCUT2D eigenvalue weighted by atomic mass is 19.1. The highest BCUT2D eigenvalue weighted by Gasteiger charge is 2.20. The molecular weight excluding hydrogens is 203 g/mol. The van der Waals surface area contributed by atoms with Crippen molar-refractivity contribution in [1.29, 1.82) is 0 Å². The van der Waals surface area contributed by atoms with Crippen LogP contribution in [0.5, 0.6) is 0 Å². The third kappa shape index (κ3) is 2.53. The zero-order valence-electron chi connectivity index (χ0n) is 9.75. The smallest absolute Gasteiger partial charge is 0.129 e. The van der Waals surface area contributed by atoms with Gasteiger partial charge in [-0.1, -0.05) is 18.9 Å². The van der Waals surface area contributed by atoms with Crippen LogP contribution in [0, 0.1) is 5.82 Å². The predicted molar refractivity (Wildman–Crippen MR) is 64.5 cm³/mol. The van der Waals surface area contributed by atoms with Crippen LogP contribution in [0.1, 0.15) is 31.2 Å². The van der Waals surface area contributed by atoms with Crippen molar-refractivity contribution in [3.05, 3.63) is 29.6 Å². The fraction of sp³-hybridized carbons (Fsp3) is 0.538. The molecule has 1 aromatic carbocycles. The van der Waals surface area contributed by atoms with E-state index in [1.54, 1.807) is 12.1 Å². The van der Waals surface area contributed by atoms with Crippen LogP contribution >= 0.6 is 0 Å². The molecule has 0 radical (unpaired) electrons. The molecule has 0 unspecified atom stereocenters. The van der Waals surface area contributed by atoms with Gasteiger partial charge in [0.25, 0.3) is 0 Å². The Hall–Kier alpha value is -1.09. The van der Waals surface area contributed by atoms with Gasteiger partial charge in [0.05, 0.1) is 0 Å². The number of halogens is 1. The molecule has 1 fully saturated rings. The molecule has 2 nitrogen and oxygen atoms in total. The monoisotopic (exact) mass is 222 g/mol. The summed E-state index contributed by atoms with van der Waals surface area (Å²) < 4.78 is 13.6. The Kier molecular flexibility index (Phi) is 3.44. The Morgan fingerprint density at radius 2 is 2.06 bits per heavy atom. The summed E-state index contributed by atoms with van der Waals surface area (Å²) in [5, 5.41) is 0. The first-order chi connectivity index (χ1) is 7.66. The molecule has 0 heterocycles. The molecule has 2 rings (SSSR count). The standard InChI is InChI=1S/C13H19FN2/c1-16(12-4-2-3-5-12)9-10-6-7-11(15)8-13(10)14/h6-8,12H,2-5,9,15H2,1H3. The van der Waals surface area contributed by atoms with Crippen molar-refractivity contribution in [3.8, 4) is 0 Å². The zero-order chi connectivity index (χ0) is 11.5. The maximum atomic E-state index is 13.6. The van der Waals surface area contributed by atoms with Gasteiger partial charge in [-0.15, -0.1) is 0 Å². The molecule has 2 N–H and O–H groups in total. The van der Waals surface area contributed by atoms with E-state index in [1.807, 2.05) is 0 Å². The molecule has 1 saturated carbocycles. The average Bonchev–Trinajstić information content (AvgIpc) is 2.75. The first kappa shape index (κ1) is 11.4. The molecule has 0 amide bonds. The van der Waals surface area contributed by atoms with Gasteiger partial charge in [0.2, 0.25) is 0 Å². The Morgan fingerprint density at radius 1 is 1.38 bits per heavy atom. The van der Waals surface area contributed by atoms with Crippen LogP contribution < -0.4 is 5.73 Å². The number of hydrogen-bond acceptors (Lipinski definition) is 2. The van der Waals surface area contributed by atoms with Gasteiger partial charge >= 0.3 is 0 Å². The van der Waals surface area contributed by atoms with Crippen molar-refractivity contribution >= 4 is 5.69 Å². The molecule has 0 saturated heterocycles. The van der Waals surface area contributed by atoms with E-state index in [2.05, 4.69) is 11.9 Å². The minimum Gasteiger partial charge on any atom is -0.399 e. The van der Waals surface area contributed by atoms with Crippen molar-refractivity contribution < 1.29 is 4.39 Å². The minimum atomic E-state index is -0.190. The molecule has 1 aromatic rings. The number of anilines is 1. The average molecular weight is 222 g/mol. The van der Waals surface area contributed by atoms with E-state index in [0.717, 1.165) is 5.56 Å². The third-order valence-electron chi connectivity index (χ3n) is 3.44. The Morgan fingerprint density at radius 3 is 2.69 bits per heavy atom. The quantitative estimate of drug-likeness (QED) is 0.797. The first-order valence-electron chi connectivity index (χ1n) is 5.91. The van der Waals surface area contributed by atoms with Crippen molar-refractivity contribution in [1.82, 2.24) is 4.90 Å². The van der Waals surface area contributed by atoms with E-state index in [1.165, 1.54) is 31.7 Å². The van der Waals surface area contributed by atoms with E-state index in [4.69, 9.17) is 5.73 Å². The molecule has 0 bridgehead atoms. The lowest BCUT2D eigenvalue weighted by molar-refractivity contribution is 0.234. The van der Waals surface area contributed by atoms with Crippen LogP contribution in [0.15, 0.2) is 18.2 Å². The van der Waals surface area contributed by atoms with Gasteiger partial charge in [-0.25, -0.2) is 4.39 Å². The molecule has 0 atom stereocenters. The topological polar surface area (TPSA) is 29.3 Å². The first-order valence-corrected chi connectivity index (χ1v) is 5.91. The van der Waals surface area contributed by atoms with E-state index >= 15 is 0 Å². The Balaban J connectivity index is 2.02. The van der Waals surface area contributed by atoms with Gasteiger partial charge in [0, 0.05) is 23.8 Å². The van der Waals surface area contributed by atoms with Crippen molar-refractivity contribution in [2.24, 2.45) is 0 Å². The summed E-state index contributed by atoms with van der Waals surface area (Å²) in [7, 11) is 2.08. The van der Waals surface area contributed by atoms with Crippen LogP contribution in [0.3, 0.4) is 0 Å². The highest BCUT2D eigenvalue weighted by Crippen LogP contribution is 2.24. The Labute approximate surface area is 96.2 Å². The van der Waals surface area contributed by atoms with Crippen molar-refractivity contribution in [2.75, 3.05) is 12.8 Å². The van der Waals surface area contributed by atoms with Crippen molar-refractivity contribution in [2.45, 2.75) is 38.3 Å². The predicted octanol–water partition coefficient (Wildman–Crippen LogP) is 2.78. The maximum Gasteiger partial charge on any atom is 0.129 e. The number of hydrogen-bond donors (Lipinski definition) is 1.